The number of aliphatic carboxylic acids is 1. The van der Waals surface area contributed by atoms with Crippen LogP contribution < -0.4 is 14.2 Å². The summed E-state index contributed by atoms with van der Waals surface area (Å²) in [6.45, 7) is 2.90. The van der Waals surface area contributed by atoms with Crippen LogP contribution in [0.3, 0.4) is 0 Å². The van der Waals surface area contributed by atoms with Crippen molar-refractivity contribution in [3.05, 3.63) is 48.0 Å². The van der Waals surface area contributed by atoms with Gasteiger partial charge in [-0.2, -0.15) is 0 Å². The molecule has 0 aliphatic carbocycles. The number of aliphatic imine (C=N–C) groups is 1. The van der Waals surface area contributed by atoms with Crippen LogP contribution >= 0.6 is 11.8 Å². The number of carboxylic acid groups (broad SMARTS) is 1. The molecule has 4 rings (SSSR count). The van der Waals surface area contributed by atoms with Crippen LogP contribution in [0.1, 0.15) is 18.9 Å². The molecule has 0 spiro atoms. The molecule has 156 valence electrons. The Labute approximate surface area is 177 Å². The predicted molar refractivity (Wildman–Crippen MR) is 111 cm³/mol. The van der Waals surface area contributed by atoms with Gasteiger partial charge in [-0.05, 0) is 48.9 Å². The SMILES string of the molecule is CCOc1ccc(N=C2SC(CC(=O)O)C(=O)N2Cc2ccc3c(c2)OCO3)cc1. The van der Waals surface area contributed by atoms with Crippen LogP contribution in [0.15, 0.2) is 47.5 Å². The van der Waals surface area contributed by atoms with E-state index in [-0.39, 0.29) is 25.7 Å². The van der Waals surface area contributed by atoms with Crippen molar-refractivity contribution >= 4 is 34.5 Å². The van der Waals surface area contributed by atoms with Gasteiger partial charge in [0, 0.05) is 0 Å². The molecule has 9 heteroatoms. The van der Waals surface area contributed by atoms with E-state index in [0.717, 1.165) is 11.3 Å². The number of benzene rings is 2. The van der Waals surface area contributed by atoms with Gasteiger partial charge in [-0.1, -0.05) is 17.8 Å². The molecule has 1 fully saturated rings. The highest BCUT2D eigenvalue weighted by atomic mass is 32.2. The fraction of sp³-hybridized carbons (Fsp3) is 0.286. The van der Waals surface area contributed by atoms with Gasteiger partial charge >= 0.3 is 5.97 Å². The molecule has 2 heterocycles. The molecule has 2 aromatic rings. The fourth-order valence-corrected chi connectivity index (χ4v) is 4.29. The lowest BCUT2D eigenvalue weighted by molar-refractivity contribution is -0.139. The molecule has 1 atom stereocenters. The topological polar surface area (TPSA) is 97.7 Å². The Morgan fingerprint density at radius 1 is 1.23 bits per heavy atom. The Bertz CT molecular complexity index is 991. The van der Waals surface area contributed by atoms with Crippen molar-refractivity contribution in [1.29, 1.82) is 0 Å². The van der Waals surface area contributed by atoms with Crippen LogP contribution in [0.25, 0.3) is 0 Å². The van der Waals surface area contributed by atoms with Crippen molar-refractivity contribution in [1.82, 2.24) is 4.90 Å². The maximum Gasteiger partial charge on any atom is 0.305 e. The number of nitrogens with zero attached hydrogens (tertiary/aromatic N) is 2. The number of hydrogen-bond donors (Lipinski definition) is 1. The summed E-state index contributed by atoms with van der Waals surface area (Å²) in [5, 5.41) is 8.92. The zero-order valence-corrected chi connectivity index (χ0v) is 17.1. The van der Waals surface area contributed by atoms with Gasteiger partial charge in [0.15, 0.2) is 16.7 Å². The Morgan fingerprint density at radius 2 is 2.00 bits per heavy atom. The van der Waals surface area contributed by atoms with Crippen LogP contribution in [-0.4, -0.2) is 45.7 Å². The average Bonchev–Trinajstić information content (AvgIpc) is 3.29. The van der Waals surface area contributed by atoms with Crippen LogP contribution in [0.2, 0.25) is 0 Å². The van der Waals surface area contributed by atoms with Crippen molar-refractivity contribution in [3.63, 3.8) is 0 Å². The van der Waals surface area contributed by atoms with E-state index in [9.17, 15) is 9.59 Å². The normalized spacial score (nSPS) is 18.8. The third-order valence-corrected chi connectivity index (χ3v) is 5.71. The van der Waals surface area contributed by atoms with E-state index >= 15 is 0 Å². The highest BCUT2D eigenvalue weighted by Gasteiger charge is 2.39. The van der Waals surface area contributed by atoms with Crippen LogP contribution in [0.4, 0.5) is 5.69 Å². The van der Waals surface area contributed by atoms with Gasteiger partial charge in [0.05, 0.1) is 25.3 Å². The Morgan fingerprint density at radius 3 is 2.73 bits per heavy atom. The summed E-state index contributed by atoms with van der Waals surface area (Å²) in [4.78, 5) is 30.2. The lowest BCUT2D eigenvalue weighted by atomic mass is 10.2. The molecule has 2 aliphatic rings. The number of fused-ring (bicyclic) bond motifs is 1. The molecule has 0 saturated carbocycles. The lowest BCUT2D eigenvalue weighted by Gasteiger charge is -2.17. The Balaban J connectivity index is 1.60. The van der Waals surface area contributed by atoms with Gasteiger partial charge in [-0.3, -0.25) is 14.5 Å². The summed E-state index contributed by atoms with van der Waals surface area (Å²) >= 11 is 1.17. The summed E-state index contributed by atoms with van der Waals surface area (Å²) in [7, 11) is 0. The standard InChI is InChI=1S/C21H20N2O6S/c1-2-27-15-6-4-14(5-7-15)22-21-23(20(26)18(30-21)10-19(24)25)11-13-3-8-16-17(9-13)29-12-28-16/h3-9,18H,2,10-12H2,1H3,(H,24,25). The second kappa shape index (κ2) is 8.66. The number of rotatable bonds is 7. The quantitative estimate of drug-likeness (QED) is 0.722. The van der Waals surface area contributed by atoms with E-state index in [2.05, 4.69) is 4.99 Å². The smallest absolute Gasteiger partial charge is 0.305 e. The fourth-order valence-electron chi connectivity index (χ4n) is 3.15. The predicted octanol–water partition coefficient (Wildman–Crippen LogP) is 3.42. The second-order valence-electron chi connectivity index (χ2n) is 6.64. The number of carboxylic acids is 1. The highest BCUT2D eigenvalue weighted by Crippen LogP contribution is 2.36. The summed E-state index contributed by atoms with van der Waals surface area (Å²) < 4.78 is 16.2. The first-order valence-electron chi connectivity index (χ1n) is 9.43. The van der Waals surface area contributed by atoms with Crippen molar-refractivity contribution < 1.29 is 28.9 Å². The number of carbonyl (C=O) groups excluding carboxylic acids is 1. The van der Waals surface area contributed by atoms with Gasteiger partial charge < -0.3 is 19.3 Å². The molecule has 1 N–H and O–H groups in total. The first kappa shape index (κ1) is 20.1. The van der Waals surface area contributed by atoms with Crippen molar-refractivity contribution in [2.45, 2.75) is 25.1 Å². The van der Waals surface area contributed by atoms with Gasteiger partial charge in [0.2, 0.25) is 12.7 Å². The summed E-state index contributed by atoms with van der Waals surface area (Å²) in [5.74, 6) is 0.723. The van der Waals surface area contributed by atoms with Crippen LogP contribution in [0, 0.1) is 0 Å². The van der Waals surface area contributed by atoms with E-state index in [4.69, 9.17) is 19.3 Å². The molecule has 2 aromatic carbocycles. The minimum atomic E-state index is -1.02. The van der Waals surface area contributed by atoms with Gasteiger partial charge in [0.25, 0.3) is 0 Å². The summed E-state index contributed by atoms with van der Waals surface area (Å²) in [6.07, 6.45) is -0.260. The average molecular weight is 428 g/mol. The van der Waals surface area contributed by atoms with Crippen molar-refractivity contribution in [2.75, 3.05) is 13.4 Å². The minimum absolute atomic E-state index is 0.169. The zero-order chi connectivity index (χ0) is 21.1. The molecule has 30 heavy (non-hydrogen) atoms. The van der Waals surface area contributed by atoms with Gasteiger partial charge in [-0.25, -0.2) is 4.99 Å². The minimum Gasteiger partial charge on any atom is -0.494 e. The molecule has 8 nitrogen and oxygen atoms in total. The molecule has 1 amide bonds. The van der Waals surface area contributed by atoms with E-state index in [1.807, 2.05) is 19.1 Å². The molecule has 1 unspecified atom stereocenters. The third-order valence-electron chi connectivity index (χ3n) is 4.53. The molecule has 0 bridgehead atoms. The Hall–Kier alpha value is -3.20. The van der Waals surface area contributed by atoms with Crippen LogP contribution in [-0.2, 0) is 16.1 Å². The maximum atomic E-state index is 12.9. The second-order valence-corrected chi connectivity index (χ2v) is 7.81. The zero-order valence-electron chi connectivity index (χ0n) is 16.2. The lowest BCUT2D eigenvalue weighted by Crippen LogP contribution is -2.32. The van der Waals surface area contributed by atoms with Crippen molar-refractivity contribution in [2.24, 2.45) is 4.99 Å². The maximum absolute atomic E-state index is 12.9. The molecule has 0 aromatic heterocycles. The molecular weight excluding hydrogens is 408 g/mol. The highest BCUT2D eigenvalue weighted by molar-refractivity contribution is 8.15. The first-order valence-corrected chi connectivity index (χ1v) is 10.3. The number of amides is 1. The molecule has 0 radical (unpaired) electrons. The van der Waals surface area contributed by atoms with Gasteiger partial charge in [-0.15, -0.1) is 0 Å². The number of hydrogen-bond acceptors (Lipinski definition) is 7. The van der Waals surface area contributed by atoms with E-state index in [1.54, 1.807) is 30.3 Å². The molecular formula is C21H20N2O6S. The number of amidine groups is 1. The third kappa shape index (κ3) is 4.35. The largest absolute Gasteiger partial charge is 0.494 e. The van der Waals surface area contributed by atoms with Crippen molar-refractivity contribution in [3.8, 4) is 17.2 Å². The van der Waals surface area contributed by atoms with E-state index < -0.39 is 11.2 Å². The van der Waals surface area contributed by atoms with Crippen LogP contribution in [0.5, 0.6) is 17.2 Å². The number of ether oxygens (including phenoxy) is 3. The number of thioether (sulfide) groups is 1. The molecule has 1 saturated heterocycles. The van der Waals surface area contributed by atoms with Gasteiger partial charge in [0.1, 0.15) is 11.0 Å². The number of carbonyl (C=O) groups is 2. The van der Waals surface area contributed by atoms with E-state index in [1.165, 1.54) is 16.7 Å². The molecule has 2 aliphatic heterocycles. The summed E-state index contributed by atoms with van der Waals surface area (Å²) in [5.41, 5.74) is 1.49. The summed E-state index contributed by atoms with van der Waals surface area (Å²) in [6, 6.07) is 12.7. The monoisotopic (exact) mass is 428 g/mol. The first-order chi connectivity index (χ1) is 14.5. The Kier molecular flexibility index (Phi) is 5.80. The van der Waals surface area contributed by atoms with E-state index in [0.29, 0.717) is 29.0 Å².